The summed E-state index contributed by atoms with van der Waals surface area (Å²) in [6, 6.07) is 5.28. The minimum absolute atomic E-state index is 0.0304. The van der Waals surface area contributed by atoms with Crippen molar-refractivity contribution >= 4 is 10.2 Å². The van der Waals surface area contributed by atoms with E-state index in [1.807, 2.05) is 13.0 Å². The first-order chi connectivity index (χ1) is 8.99. The summed E-state index contributed by atoms with van der Waals surface area (Å²) < 4.78 is 34.7. The van der Waals surface area contributed by atoms with Gasteiger partial charge in [0.05, 0.1) is 28.1 Å². The van der Waals surface area contributed by atoms with Gasteiger partial charge in [-0.1, -0.05) is 6.07 Å². The van der Waals surface area contributed by atoms with Crippen LogP contribution in [0, 0.1) is 0 Å². The van der Waals surface area contributed by atoms with Gasteiger partial charge in [-0.3, -0.25) is 0 Å². The van der Waals surface area contributed by atoms with Gasteiger partial charge in [-0.05, 0) is 30.2 Å². The third-order valence-electron chi connectivity index (χ3n) is 3.64. The maximum Gasteiger partial charge on any atom is 0.387 e. The van der Waals surface area contributed by atoms with Crippen LogP contribution in [0.1, 0.15) is 18.1 Å². The largest absolute Gasteiger partial charge is 0.435 e. The Bertz CT molecular complexity index is 500. The molecule has 1 fully saturated rings. The third-order valence-corrected chi connectivity index (χ3v) is 4.37. The van der Waals surface area contributed by atoms with Gasteiger partial charge in [0, 0.05) is 12.5 Å². The highest BCUT2D eigenvalue weighted by Crippen LogP contribution is 2.40. The third kappa shape index (κ3) is 2.17. The Kier molecular flexibility index (Phi) is 3.11. The lowest BCUT2D eigenvalue weighted by Crippen LogP contribution is -2.59. The van der Waals surface area contributed by atoms with E-state index in [1.54, 1.807) is 12.1 Å². The van der Waals surface area contributed by atoms with Gasteiger partial charge in [0.2, 0.25) is 0 Å². The van der Waals surface area contributed by atoms with Gasteiger partial charge in [-0.25, -0.2) is 0 Å². The quantitative estimate of drug-likeness (QED) is 0.835. The van der Waals surface area contributed by atoms with E-state index < -0.39 is 11.8 Å². The molecule has 1 aromatic rings. The molecule has 0 unspecified atom stereocenters. The summed E-state index contributed by atoms with van der Waals surface area (Å²) in [5, 5.41) is 3.04. The van der Waals surface area contributed by atoms with Gasteiger partial charge in [0.25, 0.3) is 0 Å². The first-order valence-corrected chi connectivity index (χ1v) is 6.71. The van der Waals surface area contributed by atoms with Crippen LogP contribution in [-0.4, -0.2) is 35.6 Å². The van der Waals surface area contributed by atoms with E-state index in [9.17, 15) is 8.78 Å². The highest BCUT2D eigenvalue weighted by molar-refractivity contribution is 6.17. The molecule has 0 saturated carbocycles. The van der Waals surface area contributed by atoms with Crippen LogP contribution >= 0.6 is 0 Å². The topological polar surface area (TPSA) is 30.5 Å². The van der Waals surface area contributed by atoms with Crippen LogP contribution in [0.25, 0.3) is 0 Å². The molecule has 3 atom stereocenters. The van der Waals surface area contributed by atoms with E-state index in [-0.39, 0.29) is 17.9 Å². The zero-order chi connectivity index (χ0) is 13.6. The van der Waals surface area contributed by atoms with Crippen LogP contribution in [0.3, 0.4) is 0 Å². The van der Waals surface area contributed by atoms with Gasteiger partial charge in [-0.15, -0.1) is 0 Å². The van der Waals surface area contributed by atoms with E-state index in [1.165, 1.54) is 0 Å². The number of ether oxygens (including phenoxy) is 2. The minimum Gasteiger partial charge on any atom is -0.435 e. The lowest BCUT2D eigenvalue weighted by atomic mass is 10.0. The molecule has 1 N–H and O–H groups in total. The number of nitrogens with one attached hydrogen (secondary N) is 1. The average Bonchev–Trinajstić information content (AvgIpc) is 2.59. The number of benzene rings is 1. The highest BCUT2D eigenvalue weighted by atomic mass is 28.1. The molecule has 3 nitrogen and oxygen atoms in total. The van der Waals surface area contributed by atoms with Crippen molar-refractivity contribution in [3.63, 3.8) is 0 Å². The fourth-order valence-electron chi connectivity index (χ4n) is 2.87. The molecule has 3 rings (SSSR count). The molecule has 3 radical (unpaired) electrons. The summed E-state index contributed by atoms with van der Waals surface area (Å²) in [6.07, 6.45) is 0.649. The van der Waals surface area contributed by atoms with Crippen LogP contribution in [0.2, 0.25) is 0 Å². The molecule has 1 aromatic carbocycles. The molecule has 1 saturated heterocycles. The van der Waals surface area contributed by atoms with E-state index >= 15 is 0 Å². The first kappa shape index (κ1) is 13.0. The highest BCUT2D eigenvalue weighted by Gasteiger charge is 2.47. The Labute approximate surface area is 113 Å². The van der Waals surface area contributed by atoms with Gasteiger partial charge < -0.3 is 14.8 Å². The summed E-state index contributed by atoms with van der Waals surface area (Å²) in [6.45, 7) is -0.107. The second-order valence-corrected chi connectivity index (χ2v) is 5.87. The molecule has 0 aromatic heterocycles. The molecule has 0 amide bonds. The molecule has 1 aliphatic carbocycles. The summed E-state index contributed by atoms with van der Waals surface area (Å²) in [7, 11) is 3.77. The Morgan fingerprint density at radius 2 is 2.32 bits per heavy atom. The summed E-state index contributed by atoms with van der Waals surface area (Å²) in [4.78, 5) is 0. The zero-order valence-corrected chi connectivity index (χ0v) is 11.5. The average molecular weight is 282 g/mol. The maximum atomic E-state index is 12.2. The molecule has 0 spiro atoms. The van der Waals surface area contributed by atoms with Crippen molar-refractivity contribution in [2.24, 2.45) is 0 Å². The van der Waals surface area contributed by atoms with Crippen molar-refractivity contribution in [1.82, 2.24) is 5.32 Å². The number of rotatable bonds is 2. The van der Waals surface area contributed by atoms with E-state index in [0.717, 1.165) is 11.1 Å². The van der Waals surface area contributed by atoms with Gasteiger partial charge >= 0.3 is 6.61 Å². The van der Waals surface area contributed by atoms with E-state index in [4.69, 9.17) is 4.74 Å². The number of alkyl halides is 2. The lowest BCUT2D eigenvalue weighted by Gasteiger charge is -2.41. The molecular weight excluding hydrogens is 268 g/mol. The van der Waals surface area contributed by atoms with Crippen molar-refractivity contribution in [3.8, 4) is 5.75 Å². The molecule has 1 aliphatic heterocycles. The molecule has 19 heavy (non-hydrogen) atoms. The minimum atomic E-state index is -2.80. The van der Waals surface area contributed by atoms with Crippen molar-refractivity contribution in [2.45, 2.75) is 37.3 Å². The summed E-state index contributed by atoms with van der Waals surface area (Å²) >= 11 is 0. The Morgan fingerprint density at radius 3 is 3.05 bits per heavy atom. The van der Waals surface area contributed by atoms with Crippen LogP contribution in [0.5, 0.6) is 5.75 Å². The molecular formula is C13H14F2NO2Si. The SMILES string of the molecule is C[C@@H]1CO[C@@H]2Cc3cc(OC(F)F)ccc3[C@]2([Si])N1. The number of hydrogen-bond acceptors (Lipinski definition) is 3. The van der Waals surface area contributed by atoms with Crippen molar-refractivity contribution in [3.05, 3.63) is 29.3 Å². The smallest absolute Gasteiger partial charge is 0.387 e. The van der Waals surface area contributed by atoms with Crippen LogP contribution in [0.4, 0.5) is 8.78 Å². The lowest BCUT2D eigenvalue weighted by molar-refractivity contribution is -0.0498. The normalized spacial score (nSPS) is 33.1. The predicted molar refractivity (Wildman–Crippen MR) is 66.5 cm³/mol. The summed E-state index contributed by atoms with van der Waals surface area (Å²) in [5.74, 6) is 0.190. The van der Waals surface area contributed by atoms with E-state index in [2.05, 4.69) is 20.3 Å². The molecule has 1 heterocycles. The zero-order valence-electron chi connectivity index (χ0n) is 10.5. The standard InChI is InChI=1S/C13H14F2NO2Si/c1-7-6-17-11-5-8-4-9(18-12(14)15)2-3-10(8)13(11,19)16-7/h2-4,7,11-12,16H,5-6H2,1H3/t7-,11-,13-/m1/s1. The van der Waals surface area contributed by atoms with Gasteiger partial charge in [0.15, 0.2) is 0 Å². The second kappa shape index (κ2) is 4.54. The van der Waals surface area contributed by atoms with Gasteiger partial charge in [-0.2, -0.15) is 8.78 Å². The fourth-order valence-corrected chi connectivity index (χ4v) is 3.55. The number of morpholine rings is 1. The molecule has 2 aliphatic rings. The van der Waals surface area contributed by atoms with Crippen LogP contribution in [0.15, 0.2) is 18.2 Å². The van der Waals surface area contributed by atoms with Crippen LogP contribution in [-0.2, 0) is 16.3 Å². The second-order valence-electron chi connectivity index (χ2n) is 5.08. The molecule has 0 bridgehead atoms. The van der Waals surface area contributed by atoms with E-state index in [0.29, 0.717) is 13.0 Å². The predicted octanol–water partition coefficient (Wildman–Crippen LogP) is 1.54. The maximum absolute atomic E-state index is 12.2. The Morgan fingerprint density at radius 1 is 1.53 bits per heavy atom. The monoisotopic (exact) mass is 282 g/mol. The Hall–Kier alpha value is -0.983. The first-order valence-electron chi connectivity index (χ1n) is 6.21. The fraction of sp³-hybridized carbons (Fsp3) is 0.538. The van der Waals surface area contributed by atoms with Gasteiger partial charge in [0.1, 0.15) is 5.75 Å². The summed E-state index contributed by atoms with van der Waals surface area (Å²) in [5.41, 5.74) is 2.00. The number of halogens is 2. The molecule has 6 heteroatoms. The number of fused-ring (bicyclic) bond motifs is 3. The van der Waals surface area contributed by atoms with Crippen molar-refractivity contribution in [2.75, 3.05) is 6.61 Å². The van der Waals surface area contributed by atoms with Crippen LogP contribution < -0.4 is 10.1 Å². The molecule has 101 valence electrons. The number of hydrogen-bond donors (Lipinski definition) is 1. The van der Waals surface area contributed by atoms with Crippen molar-refractivity contribution < 1.29 is 18.3 Å². The van der Waals surface area contributed by atoms with Crippen molar-refractivity contribution in [1.29, 1.82) is 0 Å². The Balaban J connectivity index is 1.93.